The highest BCUT2D eigenvalue weighted by Crippen LogP contribution is 2.27. The molecule has 0 radical (unpaired) electrons. The van der Waals surface area contributed by atoms with Crippen molar-refractivity contribution in [3.8, 4) is 0 Å². The first-order chi connectivity index (χ1) is 10.3. The van der Waals surface area contributed by atoms with Gasteiger partial charge in [0.05, 0.1) is 5.69 Å². The minimum absolute atomic E-state index is 0.127. The largest absolute Gasteiger partial charge is 0.446 e. The molecule has 1 saturated heterocycles. The number of thioether (sulfide) groups is 1. The molecule has 1 aromatic rings. The molecule has 2 aliphatic heterocycles. The number of hydrogen-bond acceptors (Lipinski definition) is 5. The first-order valence-corrected chi connectivity index (χ1v) is 8.91. The molecular weight excluding hydrogens is 286 g/mol. The topological polar surface area (TPSA) is 58.4 Å². The van der Waals surface area contributed by atoms with Crippen LogP contribution in [0.4, 0.5) is 0 Å². The van der Waals surface area contributed by atoms with Gasteiger partial charge in [0.1, 0.15) is 6.04 Å². The monoisotopic (exact) mass is 309 g/mol. The predicted octanol–water partition coefficient (Wildman–Crippen LogP) is 1.85. The van der Waals surface area contributed by atoms with E-state index in [0.29, 0.717) is 11.7 Å². The maximum absolute atomic E-state index is 12.8. The number of hydrogen-bond donors (Lipinski definition) is 1. The Morgan fingerprint density at radius 1 is 1.52 bits per heavy atom. The first-order valence-electron chi connectivity index (χ1n) is 7.75. The van der Waals surface area contributed by atoms with Gasteiger partial charge in [0, 0.05) is 19.5 Å². The lowest BCUT2D eigenvalue weighted by Crippen LogP contribution is -2.42. The summed E-state index contributed by atoms with van der Waals surface area (Å²) in [6, 6.07) is -0.386. The number of fused-ring (bicyclic) bond motifs is 1. The van der Waals surface area contributed by atoms with Crippen molar-refractivity contribution in [1.29, 1.82) is 0 Å². The van der Waals surface area contributed by atoms with Crippen LogP contribution in [-0.2, 0) is 11.2 Å². The molecule has 21 heavy (non-hydrogen) atoms. The maximum Gasteiger partial charge on any atom is 0.247 e. The van der Waals surface area contributed by atoms with Crippen LogP contribution in [0, 0.1) is 5.92 Å². The van der Waals surface area contributed by atoms with Crippen molar-refractivity contribution < 1.29 is 9.21 Å². The highest BCUT2D eigenvalue weighted by atomic mass is 32.2. The van der Waals surface area contributed by atoms with E-state index in [1.54, 1.807) is 7.05 Å². The van der Waals surface area contributed by atoms with Crippen molar-refractivity contribution in [2.45, 2.75) is 31.7 Å². The Morgan fingerprint density at radius 3 is 3.29 bits per heavy atom. The van der Waals surface area contributed by atoms with Crippen molar-refractivity contribution in [1.82, 2.24) is 15.2 Å². The summed E-state index contributed by atoms with van der Waals surface area (Å²) >= 11 is 2.03. The molecule has 0 saturated carbocycles. The lowest BCUT2D eigenvalue weighted by molar-refractivity contribution is -0.134. The van der Waals surface area contributed by atoms with E-state index in [1.165, 1.54) is 37.2 Å². The average Bonchev–Trinajstić information content (AvgIpc) is 2.73. The number of carbonyl (C=O) groups is 1. The first kappa shape index (κ1) is 14.9. The Bertz CT molecular complexity index is 483. The third kappa shape index (κ3) is 3.26. The molecule has 116 valence electrons. The SMILES string of the molecule is CNC1C(=O)N(CC2CCCCSC2)CCc2ncoc21. The fourth-order valence-electron chi connectivity index (χ4n) is 3.21. The summed E-state index contributed by atoms with van der Waals surface area (Å²) in [5.41, 5.74) is 0.917. The van der Waals surface area contributed by atoms with Gasteiger partial charge in [-0.2, -0.15) is 11.8 Å². The van der Waals surface area contributed by atoms with Crippen LogP contribution in [0.3, 0.4) is 0 Å². The molecule has 1 N–H and O–H groups in total. The summed E-state index contributed by atoms with van der Waals surface area (Å²) in [5.74, 6) is 3.89. The number of nitrogens with zero attached hydrogens (tertiary/aromatic N) is 2. The van der Waals surface area contributed by atoms with Crippen molar-refractivity contribution in [2.75, 3.05) is 31.6 Å². The van der Waals surface area contributed by atoms with Crippen molar-refractivity contribution in [2.24, 2.45) is 5.92 Å². The Morgan fingerprint density at radius 2 is 2.43 bits per heavy atom. The smallest absolute Gasteiger partial charge is 0.247 e. The van der Waals surface area contributed by atoms with Crippen LogP contribution in [0.1, 0.15) is 36.8 Å². The minimum Gasteiger partial charge on any atom is -0.446 e. The number of amides is 1. The zero-order valence-electron chi connectivity index (χ0n) is 12.5. The van der Waals surface area contributed by atoms with Gasteiger partial charge in [-0.1, -0.05) is 6.42 Å². The number of aromatic nitrogens is 1. The molecule has 0 bridgehead atoms. The molecule has 1 aromatic heterocycles. The van der Waals surface area contributed by atoms with Gasteiger partial charge in [0.2, 0.25) is 5.91 Å². The molecule has 3 rings (SSSR count). The van der Waals surface area contributed by atoms with Crippen molar-refractivity contribution >= 4 is 17.7 Å². The van der Waals surface area contributed by atoms with Gasteiger partial charge in [0.25, 0.3) is 0 Å². The molecular formula is C15H23N3O2S. The molecule has 5 nitrogen and oxygen atoms in total. The molecule has 0 aromatic carbocycles. The average molecular weight is 309 g/mol. The van der Waals surface area contributed by atoms with Gasteiger partial charge < -0.3 is 14.6 Å². The fraction of sp³-hybridized carbons (Fsp3) is 0.733. The minimum atomic E-state index is -0.386. The molecule has 1 amide bonds. The number of carbonyl (C=O) groups excluding carboxylic acids is 1. The van der Waals surface area contributed by atoms with Crippen LogP contribution in [0.2, 0.25) is 0 Å². The van der Waals surface area contributed by atoms with Gasteiger partial charge in [-0.25, -0.2) is 4.98 Å². The van der Waals surface area contributed by atoms with E-state index in [4.69, 9.17) is 4.42 Å². The highest BCUT2D eigenvalue weighted by molar-refractivity contribution is 7.99. The summed E-state index contributed by atoms with van der Waals surface area (Å²) in [7, 11) is 1.81. The van der Waals surface area contributed by atoms with E-state index in [9.17, 15) is 4.79 Å². The summed E-state index contributed by atoms with van der Waals surface area (Å²) in [6.07, 6.45) is 6.07. The molecule has 0 aliphatic carbocycles. The van der Waals surface area contributed by atoms with E-state index in [2.05, 4.69) is 10.3 Å². The molecule has 2 atom stereocenters. The maximum atomic E-state index is 12.8. The van der Waals surface area contributed by atoms with Crippen LogP contribution < -0.4 is 5.32 Å². The predicted molar refractivity (Wildman–Crippen MR) is 83.3 cm³/mol. The summed E-state index contributed by atoms with van der Waals surface area (Å²) < 4.78 is 5.44. The van der Waals surface area contributed by atoms with Crippen molar-refractivity contribution in [3.05, 3.63) is 17.8 Å². The molecule has 6 heteroatoms. The summed E-state index contributed by atoms with van der Waals surface area (Å²) in [5, 5.41) is 3.09. The summed E-state index contributed by atoms with van der Waals surface area (Å²) in [6.45, 7) is 1.62. The van der Waals surface area contributed by atoms with E-state index in [-0.39, 0.29) is 11.9 Å². The van der Waals surface area contributed by atoms with Crippen molar-refractivity contribution in [3.63, 3.8) is 0 Å². The van der Waals surface area contributed by atoms with E-state index in [1.807, 2.05) is 16.7 Å². The number of oxazole rings is 1. The third-order valence-corrected chi connectivity index (χ3v) is 5.67. The lowest BCUT2D eigenvalue weighted by Gasteiger charge is -2.27. The second-order valence-corrected chi connectivity index (χ2v) is 7.01. The van der Waals surface area contributed by atoms with Crippen LogP contribution in [-0.4, -0.2) is 47.4 Å². The Hall–Kier alpha value is -1.01. The fourth-order valence-corrected chi connectivity index (χ4v) is 4.39. The Kier molecular flexibility index (Phi) is 4.85. The zero-order chi connectivity index (χ0) is 14.7. The van der Waals surface area contributed by atoms with Crippen LogP contribution in [0.15, 0.2) is 10.8 Å². The lowest BCUT2D eigenvalue weighted by atomic mass is 10.0. The van der Waals surface area contributed by atoms with E-state index < -0.39 is 0 Å². The quantitative estimate of drug-likeness (QED) is 0.923. The second kappa shape index (κ2) is 6.83. The van der Waals surface area contributed by atoms with E-state index in [0.717, 1.165) is 25.2 Å². The van der Waals surface area contributed by atoms with Gasteiger partial charge in [0.15, 0.2) is 12.2 Å². The normalized spacial score (nSPS) is 27.1. The molecule has 2 aliphatic rings. The Balaban J connectivity index is 1.71. The standard InChI is InChI=1S/C15H23N3O2S/c1-16-13-14-12(17-10-20-14)5-6-18(15(13)19)8-11-4-2-3-7-21-9-11/h10-11,13,16H,2-9H2,1H3. The Labute approximate surface area is 129 Å². The van der Waals surface area contributed by atoms with Gasteiger partial charge >= 0.3 is 0 Å². The molecule has 3 heterocycles. The second-order valence-electron chi connectivity index (χ2n) is 5.86. The van der Waals surface area contributed by atoms with Gasteiger partial charge in [-0.15, -0.1) is 0 Å². The van der Waals surface area contributed by atoms with Crippen LogP contribution in [0.25, 0.3) is 0 Å². The molecule has 0 spiro atoms. The highest BCUT2D eigenvalue weighted by Gasteiger charge is 2.34. The summed E-state index contributed by atoms with van der Waals surface area (Å²) in [4.78, 5) is 19.0. The third-order valence-electron chi connectivity index (χ3n) is 4.38. The zero-order valence-corrected chi connectivity index (χ0v) is 13.3. The number of rotatable bonds is 3. The van der Waals surface area contributed by atoms with Crippen LogP contribution in [0.5, 0.6) is 0 Å². The van der Waals surface area contributed by atoms with Gasteiger partial charge in [-0.05, 0) is 37.3 Å². The molecule has 1 fully saturated rings. The number of nitrogens with one attached hydrogen (secondary N) is 1. The van der Waals surface area contributed by atoms with E-state index >= 15 is 0 Å². The van der Waals surface area contributed by atoms with Gasteiger partial charge in [-0.3, -0.25) is 4.79 Å². The number of likely N-dealkylation sites (N-methyl/N-ethyl adjacent to an activating group) is 1. The molecule has 2 unspecified atom stereocenters. The van der Waals surface area contributed by atoms with Crippen LogP contribution >= 0.6 is 11.8 Å².